The van der Waals surface area contributed by atoms with Crippen LogP contribution >= 0.6 is 11.3 Å². The first-order valence-electron chi connectivity index (χ1n) is 8.13. The second-order valence-corrected chi connectivity index (χ2v) is 8.77. The molecular weight excluding hydrogens is 374 g/mol. The maximum Gasteiger partial charge on any atom is 0.246 e. The molecule has 3 heterocycles. The molecule has 0 saturated carbocycles. The van der Waals surface area contributed by atoms with E-state index in [1.54, 1.807) is 18.3 Å². The van der Waals surface area contributed by atoms with Gasteiger partial charge in [0, 0.05) is 48.1 Å². The highest BCUT2D eigenvalue weighted by Crippen LogP contribution is 2.34. The molecule has 2 aromatic heterocycles. The first-order valence-corrected chi connectivity index (χ1v) is 10.4. The summed E-state index contributed by atoms with van der Waals surface area (Å²) >= 11 is 1.47. The van der Waals surface area contributed by atoms with Crippen molar-refractivity contribution in [2.24, 2.45) is 0 Å². The second-order valence-electron chi connectivity index (χ2n) is 6.00. The number of morpholine rings is 1. The lowest BCUT2D eigenvalue weighted by Crippen LogP contribution is -2.41. The minimum absolute atomic E-state index is 0.0420. The van der Waals surface area contributed by atoms with Crippen molar-refractivity contribution in [3.8, 4) is 10.6 Å². The smallest absolute Gasteiger partial charge is 0.246 e. The Morgan fingerprint density at radius 3 is 2.73 bits per heavy atom. The number of nitrogens with zero attached hydrogens (tertiary/aromatic N) is 2. The van der Waals surface area contributed by atoms with Gasteiger partial charge in [-0.25, -0.2) is 13.4 Å². The number of hydrogen-bond donors (Lipinski definition) is 1. The summed E-state index contributed by atoms with van der Waals surface area (Å²) in [6, 6.07) is 5.44. The molecule has 0 unspecified atom stereocenters. The number of aromatic amines is 1. The third kappa shape index (κ3) is 2.86. The third-order valence-corrected chi connectivity index (χ3v) is 7.16. The molecule has 3 aromatic rings. The predicted octanol–water partition coefficient (Wildman–Crippen LogP) is 2.51. The zero-order chi connectivity index (χ0) is 18.3. The van der Waals surface area contributed by atoms with Gasteiger partial charge in [0.2, 0.25) is 10.0 Å². The fraction of sp³-hybridized carbons (Fsp3) is 0.294. The average molecular weight is 391 g/mol. The topological polar surface area (TPSA) is 92.4 Å². The van der Waals surface area contributed by atoms with Crippen LogP contribution in [0.15, 0.2) is 34.7 Å². The van der Waals surface area contributed by atoms with Crippen LogP contribution in [0.2, 0.25) is 0 Å². The van der Waals surface area contributed by atoms with E-state index in [-0.39, 0.29) is 29.5 Å². The van der Waals surface area contributed by atoms with Crippen LogP contribution in [0.3, 0.4) is 0 Å². The van der Waals surface area contributed by atoms with Crippen LogP contribution < -0.4 is 0 Å². The first-order chi connectivity index (χ1) is 12.5. The van der Waals surface area contributed by atoms with Crippen molar-refractivity contribution in [2.75, 3.05) is 26.3 Å². The predicted molar refractivity (Wildman–Crippen MR) is 99.0 cm³/mol. The number of benzene rings is 1. The Bertz CT molecular complexity index is 1070. The number of rotatable bonds is 4. The zero-order valence-corrected chi connectivity index (χ0v) is 15.7. The summed E-state index contributed by atoms with van der Waals surface area (Å²) < 4.78 is 33.2. The number of ether oxygens (including phenoxy) is 1. The van der Waals surface area contributed by atoms with E-state index in [0.29, 0.717) is 24.1 Å². The summed E-state index contributed by atoms with van der Waals surface area (Å²) in [7, 11) is -3.82. The van der Waals surface area contributed by atoms with E-state index >= 15 is 0 Å². The number of thiazole rings is 1. The van der Waals surface area contributed by atoms with Gasteiger partial charge in [-0.05, 0) is 18.2 Å². The Morgan fingerprint density at radius 2 is 2.08 bits per heavy atom. The van der Waals surface area contributed by atoms with Gasteiger partial charge in [0.1, 0.15) is 15.6 Å². The Balaban J connectivity index is 1.94. The van der Waals surface area contributed by atoms with E-state index in [2.05, 4.69) is 9.97 Å². The van der Waals surface area contributed by atoms with E-state index in [9.17, 15) is 13.2 Å². The molecule has 0 bridgehead atoms. The third-order valence-electron chi connectivity index (χ3n) is 4.35. The molecule has 1 aromatic carbocycles. The van der Waals surface area contributed by atoms with Crippen LogP contribution in [-0.2, 0) is 14.8 Å². The van der Waals surface area contributed by atoms with Crippen LogP contribution in [-0.4, -0.2) is 54.8 Å². The maximum atomic E-state index is 13.3. The van der Waals surface area contributed by atoms with E-state index < -0.39 is 10.0 Å². The fourth-order valence-corrected chi connectivity index (χ4v) is 5.52. The molecule has 1 aliphatic heterocycles. The van der Waals surface area contributed by atoms with E-state index in [1.165, 1.54) is 22.6 Å². The highest BCUT2D eigenvalue weighted by Gasteiger charge is 2.33. The molecule has 1 saturated heterocycles. The quantitative estimate of drug-likeness (QED) is 0.690. The Hall–Kier alpha value is -2.07. The minimum Gasteiger partial charge on any atom is -0.379 e. The van der Waals surface area contributed by atoms with Crippen LogP contribution in [0.25, 0.3) is 21.5 Å². The van der Waals surface area contributed by atoms with Crippen molar-refractivity contribution in [1.29, 1.82) is 0 Å². The number of Topliss-reactive ketones (excluding diaryl/α,β-unsaturated/α-hetero) is 1. The standard InChI is InChI=1S/C17H17N3O4S2/c1-11(21)15-16(26(22,23)20-5-7-24-8-6-20)13-10-12(2-3-14(13)19-15)17-18-4-9-25-17/h2-4,9-10,19H,5-8H2,1H3. The summed E-state index contributed by atoms with van der Waals surface area (Å²) in [5, 5.41) is 3.17. The van der Waals surface area contributed by atoms with Crippen LogP contribution in [0.4, 0.5) is 0 Å². The lowest BCUT2D eigenvalue weighted by atomic mass is 10.1. The molecule has 4 rings (SSSR count). The molecule has 26 heavy (non-hydrogen) atoms. The molecule has 1 N–H and O–H groups in total. The average Bonchev–Trinajstić information content (AvgIpc) is 3.29. The maximum absolute atomic E-state index is 13.3. The molecule has 0 amide bonds. The van der Waals surface area contributed by atoms with Crippen LogP contribution in [0.1, 0.15) is 17.4 Å². The van der Waals surface area contributed by atoms with Gasteiger partial charge in [-0.2, -0.15) is 4.31 Å². The summed E-state index contributed by atoms with van der Waals surface area (Å²) in [5.41, 5.74) is 1.55. The van der Waals surface area contributed by atoms with Gasteiger partial charge in [0.25, 0.3) is 0 Å². The van der Waals surface area contributed by atoms with Gasteiger partial charge in [0.15, 0.2) is 5.78 Å². The molecule has 136 valence electrons. The molecule has 7 nitrogen and oxygen atoms in total. The molecule has 0 radical (unpaired) electrons. The van der Waals surface area contributed by atoms with Crippen LogP contribution in [0.5, 0.6) is 0 Å². The molecule has 0 spiro atoms. The van der Waals surface area contributed by atoms with Crippen molar-refractivity contribution in [3.63, 3.8) is 0 Å². The van der Waals surface area contributed by atoms with E-state index in [1.807, 2.05) is 11.4 Å². The van der Waals surface area contributed by atoms with Gasteiger partial charge in [-0.1, -0.05) is 0 Å². The molecular formula is C17H17N3O4S2. The SMILES string of the molecule is CC(=O)c1[nH]c2ccc(-c3nccs3)cc2c1S(=O)(=O)N1CCOCC1. The van der Waals surface area contributed by atoms with Gasteiger partial charge in [0.05, 0.1) is 13.2 Å². The lowest BCUT2D eigenvalue weighted by molar-refractivity contribution is 0.0730. The minimum atomic E-state index is -3.82. The van der Waals surface area contributed by atoms with Crippen LogP contribution in [0, 0.1) is 0 Å². The molecule has 9 heteroatoms. The Kier molecular flexibility index (Phi) is 4.39. The summed E-state index contributed by atoms with van der Waals surface area (Å²) in [4.78, 5) is 19.4. The van der Waals surface area contributed by atoms with Gasteiger partial charge < -0.3 is 9.72 Å². The van der Waals surface area contributed by atoms with Crippen molar-refractivity contribution in [2.45, 2.75) is 11.8 Å². The van der Waals surface area contributed by atoms with E-state index in [4.69, 9.17) is 4.74 Å². The lowest BCUT2D eigenvalue weighted by Gasteiger charge is -2.26. The van der Waals surface area contributed by atoms with Gasteiger partial charge >= 0.3 is 0 Å². The highest BCUT2D eigenvalue weighted by molar-refractivity contribution is 7.89. The summed E-state index contributed by atoms with van der Waals surface area (Å²) in [6.07, 6.45) is 1.70. The van der Waals surface area contributed by atoms with Crippen molar-refractivity contribution >= 4 is 38.0 Å². The molecule has 1 aliphatic rings. The molecule has 0 aliphatic carbocycles. The summed E-state index contributed by atoms with van der Waals surface area (Å²) in [6.45, 7) is 2.62. The van der Waals surface area contributed by atoms with Crippen molar-refractivity contribution < 1.29 is 17.9 Å². The number of carbonyl (C=O) groups excluding carboxylic acids is 1. The monoisotopic (exact) mass is 391 g/mol. The van der Waals surface area contributed by atoms with Crippen molar-refractivity contribution in [1.82, 2.24) is 14.3 Å². The highest BCUT2D eigenvalue weighted by atomic mass is 32.2. The molecule has 1 fully saturated rings. The number of H-pyrrole nitrogens is 1. The Labute approximate surface area is 154 Å². The first kappa shape index (κ1) is 17.3. The number of hydrogen-bond acceptors (Lipinski definition) is 6. The number of carbonyl (C=O) groups is 1. The largest absolute Gasteiger partial charge is 0.379 e. The van der Waals surface area contributed by atoms with E-state index in [0.717, 1.165) is 10.6 Å². The number of ketones is 1. The van der Waals surface area contributed by atoms with Gasteiger partial charge in [-0.15, -0.1) is 11.3 Å². The summed E-state index contributed by atoms with van der Waals surface area (Å²) in [5.74, 6) is -0.316. The fourth-order valence-electron chi connectivity index (χ4n) is 3.10. The number of aromatic nitrogens is 2. The number of sulfonamides is 1. The van der Waals surface area contributed by atoms with Gasteiger partial charge in [-0.3, -0.25) is 4.79 Å². The zero-order valence-electron chi connectivity index (χ0n) is 14.1. The normalized spacial score (nSPS) is 16.2. The van der Waals surface area contributed by atoms with Crippen molar-refractivity contribution in [3.05, 3.63) is 35.5 Å². The molecule has 0 atom stereocenters. The number of fused-ring (bicyclic) bond motifs is 1. The number of nitrogens with one attached hydrogen (secondary N) is 1. The Morgan fingerprint density at radius 1 is 1.31 bits per heavy atom. The second kappa shape index (κ2) is 6.58.